The van der Waals surface area contributed by atoms with E-state index in [1.54, 1.807) is 9.80 Å². The molecular weight excluding hydrogens is 350 g/mol. The second-order valence-electron chi connectivity index (χ2n) is 9.33. The lowest BCUT2D eigenvalue weighted by atomic mass is 9.81. The predicted molar refractivity (Wildman–Crippen MR) is 108 cm³/mol. The molecule has 3 aliphatic rings. The first kappa shape index (κ1) is 19.6. The number of fused-ring (bicyclic) bond motifs is 1. The Balaban J connectivity index is 1.27. The van der Waals surface area contributed by atoms with E-state index in [0.29, 0.717) is 12.6 Å². The van der Waals surface area contributed by atoms with Crippen LogP contribution >= 0.6 is 0 Å². The summed E-state index contributed by atoms with van der Waals surface area (Å²) >= 11 is 0. The summed E-state index contributed by atoms with van der Waals surface area (Å²) in [6.07, 6.45) is 4.02. The Morgan fingerprint density at radius 2 is 1.43 bits per heavy atom. The number of hydrogen-bond acceptors (Lipinski definition) is 2. The summed E-state index contributed by atoms with van der Waals surface area (Å²) in [5.41, 5.74) is 2.80. The fraction of sp³-hybridized carbons (Fsp3) is 0.652. The number of rotatable bonds is 5. The van der Waals surface area contributed by atoms with Crippen molar-refractivity contribution in [2.45, 2.75) is 52.0 Å². The molecule has 1 aromatic carbocycles. The zero-order valence-electron chi connectivity index (χ0n) is 17.4. The van der Waals surface area contributed by atoms with Gasteiger partial charge < -0.3 is 9.80 Å². The third kappa shape index (κ3) is 4.01. The van der Waals surface area contributed by atoms with Crippen LogP contribution in [0.3, 0.4) is 0 Å². The van der Waals surface area contributed by atoms with Crippen LogP contribution in [0.15, 0.2) is 24.3 Å². The molecule has 2 N–H and O–H groups in total. The molecule has 2 heterocycles. The summed E-state index contributed by atoms with van der Waals surface area (Å²) in [5.74, 6) is 0.778. The van der Waals surface area contributed by atoms with Crippen LogP contribution in [0.5, 0.6) is 0 Å². The van der Waals surface area contributed by atoms with Crippen molar-refractivity contribution in [1.82, 2.24) is 4.90 Å². The third-order valence-corrected chi connectivity index (χ3v) is 7.08. The van der Waals surface area contributed by atoms with Gasteiger partial charge in [0.2, 0.25) is 11.8 Å². The van der Waals surface area contributed by atoms with E-state index in [1.165, 1.54) is 16.0 Å². The maximum absolute atomic E-state index is 12.7. The summed E-state index contributed by atoms with van der Waals surface area (Å²) in [4.78, 5) is 30.0. The minimum atomic E-state index is -0.0126. The quantitative estimate of drug-likeness (QED) is 0.713. The molecule has 0 aromatic heterocycles. The number of imide groups is 1. The second kappa shape index (κ2) is 8.34. The van der Waals surface area contributed by atoms with Crippen molar-refractivity contribution in [3.63, 3.8) is 0 Å². The van der Waals surface area contributed by atoms with Crippen molar-refractivity contribution >= 4 is 11.8 Å². The molecule has 5 heteroatoms. The number of quaternary nitrogens is 2. The lowest BCUT2D eigenvalue weighted by Crippen LogP contribution is -3.28. The van der Waals surface area contributed by atoms with E-state index in [1.807, 2.05) is 0 Å². The van der Waals surface area contributed by atoms with Crippen LogP contribution in [0.2, 0.25) is 0 Å². The highest BCUT2D eigenvalue weighted by Gasteiger charge is 2.49. The van der Waals surface area contributed by atoms with Crippen LogP contribution in [0.1, 0.15) is 56.6 Å². The Morgan fingerprint density at radius 1 is 0.893 bits per heavy atom. The molecule has 1 aromatic rings. The van der Waals surface area contributed by atoms with E-state index >= 15 is 0 Å². The molecule has 3 fully saturated rings. The minimum Gasteiger partial charge on any atom is -0.322 e. The molecule has 5 nitrogen and oxygen atoms in total. The van der Waals surface area contributed by atoms with E-state index in [4.69, 9.17) is 0 Å². The summed E-state index contributed by atoms with van der Waals surface area (Å²) < 4.78 is 0. The number of hydrogen-bond donors (Lipinski definition) is 2. The lowest BCUT2D eigenvalue weighted by molar-refractivity contribution is -1.02. The van der Waals surface area contributed by atoms with Gasteiger partial charge in [-0.05, 0) is 24.3 Å². The van der Waals surface area contributed by atoms with Gasteiger partial charge in [-0.3, -0.25) is 9.59 Å². The summed E-state index contributed by atoms with van der Waals surface area (Å²) in [6.45, 7) is 10.4. The van der Waals surface area contributed by atoms with Gasteiger partial charge in [-0.1, -0.05) is 51.0 Å². The summed E-state index contributed by atoms with van der Waals surface area (Å²) in [6, 6.07) is 9.05. The van der Waals surface area contributed by atoms with Gasteiger partial charge in [-0.2, -0.15) is 0 Å². The van der Waals surface area contributed by atoms with Gasteiger partial charge in [0.15, 0.2) is 6.67 Å². The van der Waals surface area contributed by atoms with Gasteiger partial charge in [0.25, 0.3) is 0 Å². The van der Waals surface area contributed by atoms with Crippen LogP contribution in [-0.4, -0.2) is 49.6 Å². The molecule has 152 valence electrons. The number of nitrogens with one attached hydrogen (secondary N) is 2. The predicted octanol–water partition coefficient (Wildman–Crippen LogP) is 0.226. The first-order valence-corrected chi connectivity index (χ1v) is 11.1. The molecule has 4 rings (SSSR count). The average molecular weight is 386 g/mol. The topological polar surface area (TPSA) is 46.3 Å². The highest BCUT2D eigenvalue weighted by atomic mass is 16.2. The van der Waals surface area contributed by atoms with Gasteiger partial charge in [0.1, 0.15) is 32.7 Å². The van der Waals surface area contributed by atoms with Crippen molar-refractivity contribution in [3.05, 3.63) is 35.4 Å². The van der Waals surface area contributed by atoms with Crippen LogP contribution in [-0.2, 0) is 16.1 Å². The molecule has 2 amide bonds. The van der Waals surface area contributed by atoms with E-state index < -0.39 is 0 Å². The SMILES string of the molecule is CC(C)c1ccc(C[NH+]2CC[NH+](CN3C(=O)[C@H]4CCCC[C@H]4C3=O)CC2)cc1. The largest absolute Gasteiger partial charge is 0.322 e. The zero-order chi connectivity index (χ0) is 19.7. The van der Waals surface area contributed by atoms with Gasteiger partial charge in [0.05, 0.1) is 11.8 Å². The number of amides is 2. The molecule has 0 bridgehead atoms. The molecule has 0 spiro atoms. The van der Waals surface area contributed by atoms with Crippen LogP contribution in [0.25, 0.3) is 0 Å². The molecule has 1 aliphatic carbocycles. The Kier molecular flexibility index (Phi) is 5.83. The maximum Gasteiger partial charge on any atom is 0.237 e. The normalized spacial score (nSPS) is 30.8. The maximum atomic E-state index is 12.7. The average Bonchev–Trinajstić information content (AvgIpc) is 2.95. The van der Waals surface area contributed by atoms with E-state index in [9.17, 15) is 9.59 Å². The Labute approximate surface area is 168 Å². The second-order valence-corrected chi connectivity index (χ2v) is 9.33. The number of benzene rings is 1. The summed E-state index contributed by atoms with van der Waals surface area (Å²) in [5, 5.41) is 0. The highest BCUT2D eigenvalue weighted by molar-refractivity contribution is 6.05. The van der Waals surface area contributed by atoms with Crippen molar-refractivity contribution < 1.29 is 19.4 Å². The minimum absolute atomic E-state index is 0.0126. The van der Waals surface area contributed by atoms with Crippen LogP contribution in [0.4, 0.5) is 0 Å². The monoisotopic (exact) mass is 385 g/mol. The number of carbonyl (C=O) groups is 2. The molecule has 2 saturated heterocycles. The Morgan fingerprint density at radius 3 is 1.96 bits per heavy atom. The van der Waals surface area contributed by atoms with E-state index in [2.05, 4.69) is 38.1 Å². The standard InChI is InChI=1S/C23H33N3O2/c1-17(2)19-9-7-18(8-10-19)15-24-11-13-25(14-12-24)16-26-22(27)20-5-3-4-6-21(20)23(26)28/h7-10,17,20-21H,3-6,11-16H2,1-2H3/p+2/t20-,21+. The fourth-order valence-electron chi connectivity index (χ4n) is 5.21. The zero-order valence-corrected chi connectivity index (χ0v) is 17.4. The smallest absolute Gasteiger partial charge is 0.237 e. The Hall–Kier alpha value is -1.72. The number of piperazine rings is 1. The molecule has 1 saturated carbocycles. The number of likely N-dealkylation sites (tertiary alicyclic amines) is 1. The van der Waals surface area contributed by atoms with Crippen molar-refractivity contribution in [3.8, 4) is 0 Å². The first-order valence-electron chi connectivity index (χ1n) is 11.1. The van der Waals surface area contributed by atoms with Crippen molar-refractivity contribution in [2.75, 3.05) is 32.8 Å². The highest BCUT2D eigenvalue weighted by Crippen LogP contribution is 2.37. The molecule has 28 heavy (non-hydrogen) atoms. The number of nitrogens with zero attached hydrogens (tertiary/aromatic N) is 1. The van der Waals surface area contributed by atoms with E-state index in [-0.39, 0.29) is 23.7 Å². The van der Waals surface area contributed by atoms with E-state index in [0.717, 1.165) is 58.4 Å². The van der Waals surface area contributed by atoms with Gasteiger partial charge in [-0.15, -0.1) is 0 Å². The molecular formula is C23H35N3O2+2. The molecule has 2 aliphatic heterocycles. The number of carbonyl (C=O) groups excluding carboxylic acids is 2. The molecule has 0 radical (unpaired) electrons. The molecule has 2 atom stereocenters. The van der Waals surface area contributed by atoms with Crippen LogP contribution < -0.4 is 9.80 Å². The van der Waals surface area contributed by atoms with Gasteiger partial charge >= 0.3 is 0 Å². The van der Waals surface area contributed by atoms with Crippen molar-refractivity contribution in [1.29, 1.82) is 0 Å². The third-order valence-electron chi connectivity index (χ3n) is 7.08. The van der Waals surface area contributed by atoms with Crippen molar-refractivity contribution in [2.24, 2.45) is 11.8 Å². The first-order chi connectivity index (χ1) is 13.5. The van der Waals surface area contributed by atoms with Crippen LogP contribution in [0, 0.1) is 11.8 Å². The fourth-order valence-corrected chi connectivity index (χ4v) is 5.21. The lowest BCUT2D eigenvalue weighted by Gasteiger charge is -2.31. The van der Waals surface area contributed by atoms with Gasteiger partial charge in [-0.25, -0.2) is 4.90 Å². The van der Waals surface area contributed by atoms with Gasteiger partial charge in [0, 0.05) is 5.56 Å². The summed E-state index contributed by atoms with van der Waals surface area (Å²) in [7, 11) is 0. The Bertz CT molecular complexity index is 683. The molecule has 0 unspecified atom stereocenters.